The van der Waals surface area contributed by atoms with Crippen LogP contribution in [-0.4, -0.2) is 62.4 Å². The van der Waals surface area contributed by atoms with E-state index in [9.17, 15) is 4.79 Å². The highest BCUT2D eigenvalue weighted by Crippen LogP contribution is 1.80. The van der Waals surface area contributed by atoms with Crippen molar-refractivity contribution < 1.29 is 29.2 Å². The monoisotopic (exact) mass is 250 g/mol. The molecule has 0 bridgehead atoms. The summed E-state index contributed by atoms with van der Waals surface area (Å²) in [5, 5.41) is 16.0. The van der Waals surface area contributed by atoms with Gasteiger partial charge in [-0.05, 0) is 6.92 Å². The average Bonchev–Trinajstić information content (AvgIpc) is 2.33. The predicted octanol–water partition coefficient (Wildman–Crippen LogP) is 0.305. The van der Waals surface area contributed by atoms with Crippen LogP contribution in [0.25, 0.3) is 0 Å². The van der Waals surface area contributed by atoms with Crippen LogP contribution in [0.3, 0.4) is 0 Å². The van der Waals surface area contributed by atoms with Crippen molar-refractivity contribution in [3.63, 3.8) is 0 Å². The van der Waals surface area contributed by atoms with Gasteiger partial charge in [0.1, 0.15) is 0 Å². The Morgan fingerprint density at radius 3 is 1.88 bits per heavy atom. The van der Waals surface area contributed by atoms with Crippen molar-refractivity contribution >= 4 is 5.97 Å². The number of carboxylic acids is 1. The van der Waals surface area contributed by atoms with Crippen LogP contribution >= 0.6 is 0 Å². The summed E-state index contributed by atoms with van der Waals surface area (Å²) in [6, 6.07) is 0. The quantitative estimate of drug-likeness (QED) is 0.428. The maximum atomic E-state index is 9.25. The number of hydrogen-bond acceptors (Lipinski definition) is 5. The molecule has 0 fully saturated rings. The summed E-state index contributed by atoms with van der Waals surface area (Å²) in [5.74, 6) is -0.981. The minimum atomic E-state index is -0.981. The molecule has 0 heterocycles. The lowest BCUT2D eigenvalue weighted by Gasteiger charge is -2.04. The Balaban J connectivity index is 0. The zero-order valence-electron chi connectivity index (χ0n) is 10.3. The summed E-state index contributed by atoms with van der Waals surface area (Å²) in [6.45, 7) is 8.43. The highest BCUT2D eigenvalue weighted by atomic mass is 16.5. The Morgan fingerprint density at radius 2 is 1.53 bits per heavy atom. The molecule has 2 N–H and O–H groups in total. The molecule has 0 aliphatic carbocycles. The summed E-state index contributed by atoms with van der Waals surface area (Å²) in [6.07, 6.45) is 0.833. The van der Waals surface area contributed by atoms with E-state index in [1.54, 1.807) is 0 Å². The van der Waals surface area contributed by atoms with Gasteiger partial charge in [0.2, 0.25) is 0 Å². The van der Waals surface area contributed by atoms with Gasteiger partial charge in [0.15, 0.2) is 0 Å². The van der Waals surface area contributed by atoms with Gasteiger partial charge in [0.05, 0.1) is 39.6 Å². The number of hydrogen-bond donors (Lipinski definition) is 2. The summed E-state index contributed by atoms with van der Waals surface area (Å²) in [4.78, 5) is 9.25. The molecule has 6 heteroatoms. The minimum absolute atomic E-state index is 0.0684. The number of aliphatic carboxylic acids is 1. The molecule has 0 unspecified atom stereocenters. The maximum Gasteiger partial charge on any atom is 0.327 e. The third-order valence-corrected chi connectivity index (χ3v) is 1.36. The van der Waals surface area contributed by atoms with Gasteiger partial charge in [0, 0.05) is 12.7 Å². The van der Waals surface area contributed by atoms with E-state index in [1.807, 2.05) is 6.92 Å². The number of rotatable bonds is 10. The molecule has 0 aliphatic rings. The van der Waals surface area contributed by atoms with Crippen molar-refractivity contribution in [2.24, 2.45) is 0 Å². The minimum Gasteiger partial charge on any atom is -0.478 e. The number of carbonyl (C=O) groups is 1. The van der Waals surface area contributed by atoms with E-state index in [0.29, 0.717) is 33.0 Å². The first kappa shape index (κ1) is 18.4. The van der Waals surface area contributed by atoms with Crippen LogP contribution in [-0.2, 0) is 19.0 Å². The van der Waals surface area contributed by atoms with Crippen LogP contribution in [0.2, 0.25) is 0 Å². The van der Waals surface area contributed by atoms with E-state index in [-0.39, 0.29) is 6.61 Å². The summed E-state index contributed by atoms with van der Waals surface area (Å²) < 4.78 is 15.2. The Labute approximate surface area is 102 Å². The molecule has 0 radical (unpaired) electrons. The zero-order valence-corrected chi connectivity index (χ0v) is 10.3. The SMILES string of the molecule is C=CC(=O)O.CCOCCOCCOCCO. The van der Waals surface area contributed by atoms with Gasteiger partial charge in [-0.1, -0.05) is 6.58 Å². The summed E-state index contributed by atoms with van der Waals surface area (Å²) >= 11 is 0. The van der Waals surface area contributed by atoms with Gasteiger partial charge in [0.25, 0.3) is 0 Å². The van der Waals surface area contributed by atoms with E-state index in [4.69, 9.17) is 24.4 Å². The van der Waals surface area contributed by atoms with Crippen LogP contribution in [0.1, 0.15) is 6.92 Å². The zero-order chi connectivity index (χ0) is 13.4. The number of aliphatic hydroxyl groups is 1. The molecular formula is C11H22O6. The van der Waals surface area contributed by atoms with Crippen molar-refractivity contribution in [2.75, 3.05) is 46.2 Å². The van der Waals surface area contributed by atoms with Gasteiger partial charge in [-0.25, -0.2) is 4.79 Å². The molecule has 0 amide bonds. The third-order valence-electron chi connectivity index (χ3n) is 1.36. The van der Waals surface area contributed by atoms with Gasteiger partial charge < -0.3 is 24.4 Å². The lowest BCUT2D eigenvalue weighted by Crippen LogP contribution is -2.10. The van der Waals surface area contributed by atoms with Gasteiger partial charge in [-0.3, -0.25) is 0 Å². The van der Waals surface area contributed by atoms with E-state index in [0.717, 1.165) is 12.7 Å². The normalized spacial score (nSPS) is 9.29. The fraction of sp³-hybridized carbons (Fsp3) is 0.727. The summed E-state index contributed by atoms with van der Waals surface area (Å²) in [7, 11) is 0. The summed E-state index contributed by atoms with van der Waals surface area (Å²) in [5.41, 5.74) is 0. The number of carboxylic acid groups (broad SMARTS) is 1. The Morgan fingerprint density at radius 1 is 1.12 bits per heavy atom. The first-order chi connectivity index (χ1) is 8.18. The Bertz CT molecular complexity index is 161. The van der Waals surface area contributed by atoms with Gasteiger partial charge in [-0.15, -0.1) is 0 Å². The molecule has 0 aromatic carbocycles. The Kier molecular flexibility index (Phi) is 18.9. The van der Waals surface area contributed by atoms with Gasteiger partial charge >= 0.3 is 5.97 Å². The second-order valence-electron chi connectivity index (χ2n) is 2.69. The van der Waals surface area contributed by atoms with Crippen molar-refractivity contribution in [1.29, 1.82) is 0 Å². The van der Waals surface area contributed by atoms with E-state index >= 15 is 0 Å². The fourth-order valence-electron chi connectivity index (χ4n) is 0.649. The molecule has 0 spiro atoms. The fourth-order valence-corrected chi connectivity index (χ4v) is 0.649. The number of ether oxygens (including phenoxy) is 3. The lowest BCUT2D eigenvalue weighted by atomic mass is 10.7. The second-order valence-corrected chi connectivity index (χ2v) is 2.69. The van der Waals surface area contributed by atoms with Crippen LogP contribution in [0, 0.1) is 0 Å². The standard InChI is InChI=1S/C8H18O4.C3H4O2/c1-2-10-5-6-12-8-7-11-4-3-9;1-2-3(4)5/h9H,2-8H2,1H3;2H,1H2,(H,4,5). The second kappa shape index (κ2) is 17.4. The molecule has 17 heavy (non-hydrogen) atoms. The number of aliphatic hydroxyl groups excluding tert-OH is 1. The third kappa shape index (κ3) is 25.4. The molecular weight excluding hydrogens is 228 g/mol. The van der Waals surface area contributed by atoms with E-state index < -0.39 is 5.97 Å². The molecule has 0 aromatic heterocycles. The maximum absolute atomic E-state index is 9.25. The molecule has 0 aliphatic heterocycles. The highest BCUT2D eigenvalue weighted by Gasteiger charge is 1.88. The van der Waals surface area contributed by atoms with Crippen LogP contribution in [0.5, 0.6) is 0 Å². The largest absolute Gasteiger partial charge is 0.478 e. The Hall–Kier alpha value is -0.950. The van der Waals surface area contributed by atoms with E-state index in [2.05, 4.69) is 6.58 Å². The molecule has 102 valence electrons. The molecule has 0 saturated heterocycles. The van der Waals surface area contributed by atoms with Crippen LogP contribution in [0.15, 0.2) is 12.7 Å². The molecule has 6 nitrogen and oxygen atoms in total. The lowest BCUT2D eigenvalue weighted by molar-refractivity contribution is -0.131. The molecule has 0 atom stereocenters. The van der Waals surface area contributed by atoms with Crippen molar-refractivity contribution in [3.8, 4) is 0 Å². The first-order valence-corrected chi connectivity index (χ1v) is 5.38. The first-order valence-electron chi connectivity index (χ1n) is 5.38. The van der Waals surface area contributed by atoms with Crippen LogP contribution < -0.4 is 0 Å². The smallest absolute Gasteiger partial charge is 0.327 e. The predicted molar refractivity (Wildman–Crippen MR) is 63.0 cm³/mol. The average molecular weight is 250 g/mol. The highest BCUT2D eigenvalue weighted by molar-refractivity contribution is 5.78. The van der Waals surface area contributed by atoms with Crippen molar-refractivity contribution in [1.82, 2.24) is 0 Å². The van der Waals surface area contributed by atoms with Crippen LogP contribution in [0.4, 0.5) is 0 Å². The van der Waals surface area contributed by atoms with Crippen molar-refractivity contribution in [2.45, 2.75) is 6.92 Å². The molecule has 0 saturated carbocycles. The van der Waals surface area contributed by atoms with Gasteiger partial charge in [-0.2, -0.15) is 0 Å². The molecule has 0 rings (SSSR count). The topological polar surface area (TPSA) is 85.2 Å². The van der Waals surface area contributed by atoms with E-state index in [1.165, 1.54) is 0 Å². The van der Waals surface area contributed by atoms with Crippen molar-refractivity contribution in [3.05, 3.63) is 12.7 Å². The molecule has 0 aromatic rings.